The number of hydrogen-bond donors (Lipinski definition) is 3. The van der Waals surface area contributed by atoms with Gasteiger partial charge < -0.3 is 24.8 Å². The SMILES string of the molecule is O=C1O[C@H]([C@@H](O)CO)C(Oc2cccc(Cl)c2)=C1O. The second-order valence-corrected chi connectivity index (χ2v) is 4.28. The molecule has 0 unspecified atom stereocenters. The summed E-state index contributed by atoms with van der Waals surface area (Å²) < 4.78 is 10.0. The van der Waals surface area contributed by atoms with Gasteiger partial charge in [0.1, 0.15) is 11.9 Å². The van der Waals surface area contributed by atoms with Crippen molar-refractivity contribution in [3.63, 3.8) is 0 Å². The molecule has 19 heavy (non-hydrogen) atoms. The van der Waals surface area contributed by atoms with Crippen LogP contribution in [0.5, 0.6) is 5.75 Å². The molecule has 0 bridgehead atoms. The second kappa shape index (κ2) is 5.48. The quantitative estimate of drug-likeness (QED) is 0.708. The third-order valence-corrected chi connectivity index (χ3v) is 2.71. The summed E-state index contributed by atoms with van der Waals surface area (Å²) in [6, 6.07) is 6.26. The number of cyclic esters (lactones) is 1. The van der Waals surface area contributed by atoms with E-state index in [9.17, 15) is 15.0 Å². The second-order valence-electron chi connectivity index (χ2n) is 3.85. The molecule has 0 saturated heterocycles. The van der Waals surface area contributed by atoms with Crippen molar-refractivity contribution in [3.05, 3.63) is 40.8 Å². The Bertz CT molecular complexity index is 527. The Morgan fingerprint density at radius 1 is 1.47 bits per heavy atom. The van der Waals surface area contributed by atoms with Crippen LogP contribution in [0.25, 0.3) is 0 Å². The predicted molar refractivity (Wildman–Crippen MR) is 64.7 cm³/mol. The molecule has 1 aromatic rings. The number of halogens is 1. The molecule has 0 amide bonds. The molecule has 1 aliphatic heterocycles. The lowest BCUT2D eigenvalue weighted by atomic mass is 10.2. The lowest BCUT2D eigenvalue weighted by Gasteiger charge is -2.18. The molecule has 0 saturated carbocycles. The topological polar surface area (TPSA) is 96.2 Å². The van der Waals surface area contributed by atoms with Crippen molar-refractivity contribution in [2.24, 2.45) is 0 Å². The normalized spacial score (nSPS) is 20.4. The molecule has 1 aliphatic rings. The molecule has 1 heterocycles. The third kappa shape index (κ3) is 2.81. The van der Waals surface area contributed by atoms with Gasteiger partial charge in [-0.3, -0.25) is 0 Å². The van der Waals surface area contributed by atoms with Crippen molar-refractivity contribution in [3.8, 4) is 5.75 Å². The van der Waals surface area contributed by atoms with E-state index in [1.165, 1.54) is 6.07 Å². The molecule has 0 spiro atoms. The number of aliphatic hydroxyl groups is 3. The summed E-state index contributed by atoms with van der Waals surface area (Å²) >= 11 is 5.78. The molecule has 2 rings (SSSR count). The van der Waals surface area contributed by atoms with E-state index in [0.717, 1.165) is 0 Å². The summed E-state index contributed by atoms with van der Waals surface area (Å²) in [5.74, 6) is -1.75. The molecule has 7 heteroatoms. The molecule has 3 N–H and O–H groups in total. The zero-order chi connectivity index (χ0) is 14.0. The van der Waals surface area contributed by atoms with E-state index in [0.29, 0.717) is 5.02 Å². The Labute approximate surface area is 113 Å². The minimum Gasteiger partial charge on any atom is -0.499 e. The maximum absolute atomic E-state index is 11.2. The minimum atomic E-state index is -1.39. The van der Waals surface area contributed by atoms with Crippen LogP contribution in [-0.2, 0) is 9.53 Å². The first-order valence-corrected chi connectivity index (χ1v) is 5.77. The number of benzene rings is 1. The number of ether oxygens (including phenoxy) is 2. The smallest absolute Gasteiger partial charge is 0.378 e. The molecular formula is C12H11ClO6. The standard InChI is InChI=1S/C12H11ClO6/c13-6-2-1-3-7(4-6)18-11-9(16)12(17)19-10(11)8(15)5-14/h1-4,8,10,14-16H,5H2/t8-,10+/m0/s1. The average molecular weight is 287 g/mol. The summed E-state index contributed by atoms with van der Waals surface area (Å²) in [4.78, 5) is 11.2. The van der Waals surface area contributed by atoms with Crippen molar-refractivity contribution in [1.82, 2.24) is 0 Å². The maximum atomic E-state index is 11.2. The van der Waals surface area contributed by atoms with E-state index in [2.05, 4.69) is 0 Å². The first-order chi connectivity index (χ1) is 9.02. The maximum Gasteiger partial charge on any atom is 0.378 e. The van der Waals surface area contributed by atoms with E-state index in [1.807, 2.05) is 0 Å². The number of esters is 1. The Kier molecular flexibility index (Phi) is 3.94. The van der Waals surface area contributed by atoms with Gasteiger partial charge in [-0.25, -0.2) is 4.79 Å². The van der Waals surface area contributed by atoms with Crippen LogP contribution in [0.2, 0.25) is 5.02 Å². The van der Waals surface area contributed by atoms with Crippen molar-refractivity contribution in [2.75, 3.05) is 6.61 Å². The van der Waals surface area contributed by atoms with Crippen LogP contribution < -0.4 is 4.74 Å². The van der Waals surface area contributed by atoms with Gasteiger partial charge >= 0.3 is 5.97 Å². The van der Waals surface area contributed by atoms with Crippen molar-refractivity contribution in [1.29, 1.82) is 0 Å². The zero-order valence-electron chi connectivity index (χ0n) is 9.62. The first-order valence-electron chi connectivity index (χ1n) is 5.39. The van der Waals surface area contributed by atoms with Gasteiger partial charge in [0.25, 0.3) is 0 Å². The van der Waals surface area contributed by atoms with Crippen LogP contribution in [0, 0.1) is 0 Å². The Morgan fingerprint density at radius 2 is 2.21 bits per heavy atom. The fourth-order valence-corrected chi connectivity index (χ4v) is 1.75. The molecule has 0 fully saturated rings. The van der Waals surface area contributed by atoms with Crippen LogP contribution >= 0.6 is 11.6 Å². The molecule has 0 aliphatic carbocycles. The molecule has 0 aromatic heterocycles. The highest BCUT2D eigenvalue weighted by atomic mass is 35.5. The van der Waals surface area contributed by atoms with Gasteiger partial charge in [-0.15, -0.1) is 0 Å². The van der Waals surface area contributed by atoms with Gasteiger partial charge in [-0.05, 0) is 18.2 Å². The van der Waals surface area contributed by atoms with E-state index >= 15 is 0 Å². The Morgan fingerprint density at radius 3 is 2.84 bits per heavy atom. The molecule has 0 radical (unpaired) electrons. The molecule has 102 valence electrons. The van der Waals surface area contributed by atoms with E-state index in [-0.39, 0.29) is 11.5 Å². The summed E-state index contributed by atoms with van der Waals surface area (Å²) in [7, 11) is 0. The van der Waals surface area contributed by atoms with Crippen molar-refractivity contribution < 1.29 is 29.6 Å². The highest BCUT2D eigenvalue weighted by Gasteiger charge is 2.40. The third-order valence-electron chi connectivity index (χ3n) is 2.48. The van der Waals surface area contributed by atoms with Gasteiger partial charge in [0.15, 0.2) is 11.9 Å². The van der Waals surface area contributed by atoms with Crippen LogP contribution in [0.3, 0.4) is 0 Å². The fourth-order valence-electron chi connectivity index (χ4n) is 1.57. The number of carbonyl (C=O) groups is 1. The van der Waals surface area contributed by atoms with Gasteiger partial charge in [0.2, 0.25) is 5.76 Å². The number of hydrogen-bond acceptors (Lipinski definition) is 6. The minimum absolute atomic E-state index is 0.256. The Hall–Kier alpha value is -1.76. The van der Waals surface area contributed by atoms with Crippen LogP contribution in [-0.4, -0.2) is 40.1 Å². The summed E-state index contributed by atoms with van der Waals surface area (Å²) in [6.07, 6.45) is -2.64. The van der Waals surface area contributed by atoms with Gasteiger partial charge in [-0.1, -0.05) is 17.7 Å². The van der Waals surface area contributed by atoms with Gasteiger partial charge in [0.05, 0.1) is 6.61 Å². The summed E-state index contributed by atoms with van der Waals surface area (Å²) in [6.45, 7) is -0.645. The van der Waals surface area contributed by atoms with E-state index in [1.54, 1.807) is 18.2 Å². The zero-order valence-corrected chi connectivity index (χ0v) is 10.4. The van der Waals surface area contributed by atoms with Crippen LogP contribution in [0.15, 0.2) is 35.8 Å². The van der Waals surface area contributed by atoms with Crippen LogP contribution in [0.1, 0.15) is 0 Å². The van der Waals surface area contributed by atoms with Gasteiger partial charge in [-0.2, -0.15) is 0 Å². The fraction of sp³-hybridized carbons (Fsp3) is 0.250. The van der Waals surface area contributed by atoms with E-state index < -0.39 is 30.5 Å². The van der Waals surface area contributed by atoms with Crippen LogP contribution in [0.4, 0.5) is 0 Å². The highest BCUT2D eigenvalue weighted by molar-refractivity contribution is 6.30. The molecular weight excluding hydrogens is 276 g/mol. The predicted octanol–water partition coefficient (Wildman–Crippen LogP) is 0.767. The number of aliphatic hydroxyl groups excluding tert-OH is 3. The average Bonchev–Trinajstić information content (AvgIpc) is 2.66. The lowest BCUT2D eigenvalue weighted by molar-refractivity contribution is -0.147. The molecule has 2 atom stereocenters. The number of rotatable bonds is 4. The van der Waals surface area contributed by atoms with Crippen molar-refractivity contribution in [2.45, 2.75) is 12.2 Å². The Balaban J connectivity index is 2.27. The molecule has 6 nitrogen and oxygen atoms in total. The largest absolute Gasteiger partial charge is 0.499 e. The van der Waals surface area contributed by atoms with Crippen molar-refractivity contribution >= 4 is 17.6 Å². The summed E-state index contributed by atoms with van der Waals surface area (Å²) in [5, 5.41) is 28.4. The highest BCUT2D eigenvalue weighted by Crippen LogP contribution is 2.28. The lowest BCUT2D eigenvalue weighted by Crippen LogP contribution is -2.33. The van der Waals surface area contributed by atoms with E-state index in [4.69, 9.17) is 26.2 Å². The molecule has 1 aromatic carbocycles. The monoisotopic (exact) mass is 286 g/mol. The summed E-state index contributed by atoms with van der Waals surface area (Å²) in [5.41, 5.74) is 0. The number of carbonyl (C=O) groups excluding carboxylic acids is 1. The van der Waals surface area contributed by atoms with Gasteiger partial charge in [0, 0.05) is 5.02 Å². The first kappa shape index (κ1) is 13.7.